The predicted molar refractivity (Wildman–Crippen MR) is 207 cm³/mol. The van der Waals surface area contributed by atoms with E-state index in [-0.39, 0.29) is 0 Å². The Morgan fingerprint density at radius 3 is 1.35 bits per heavy atom. The third-order valence-electron chi connectivity index (χ3n) is 10.2. The SMILES string of the molecule is c1ccc(-c2cc3ccccc3cc2-c2ccc3ccc4c(-c5c(-c6ccccc6)ccc6ccccc56)ccc5ccc2c3c54)cc1. The van der Waals surface area contributed by atoms with Gasteiger partial charge in [-0.15, -0.1) is 0 Å². The Hall–Kier alpha value is -6.24. The van der Waals surface area contributed by atoms with Crippen LogP contribution in [0.2, 0.25) is 0 Å². The molecule has 10 rings (SSSR count). The van der Waals surface area contributed by atoms with E-state index in [9.17, 15) is 0 Å². The lowest BCUT2D eigenvalue weighted by Crippen LogP contribution is -1.93. The van der Waals surface area contributed by atoms with Crippen LogP contribution in [0.3, 0.4) is 0 Å². The molecule has 0 heterocycles. The molecule has 0 aliphatic carbocycles. The molecule has 0 saturated carbocycles. The van der Waals surface area contributed by atoms with E-state index < -0.39 is 0 Å². The fourth-order valence-corrected chi connectivity index (χ4v) is 7.99. The molecular weight excluding hydrogens is 577 g/mol. The summed E-state index contributed by atoms with van der Waals surface area (Å²) in [5.41, 5.74) is 10.1. The number of benzene rings is 10. The topological polar surface area (TPSA) is 0 Å². The summed E-state index contributed by atoms with van der Waals surface area (Å²) in [6, 6.07) is 67.1. The van der Waals surface area contributed by atoms with Crippen molar-refractivity contribution >= 4 is 53.9 Å². The molecule has 0 aliphatic heterocycles. The molecule has 10 aromatic carbocycles. The van der Waals surface area contributed by atoms with Crippen molar-refractivity contribution in [2.45, 2.75) is 0 Å². The average molecular weight is 607 g/mol. The smallest absolute Gasteiger partial charge is 0.00203 e. The quantitative estimate of drug-likeness (QED) is 0.175. The lowest BCUT2D eigenvalue weighted by molar-refractivity contribution is 1.62. The van der Waals surface area contributed by atoms with Gasteiger partial charge in [0, 0.05) is 0 Å². The van der Waals surface area contributed by atoms with E-state index >= 15 is 0 Å². The molecule has 0 amide bonds. The van der Waals surface area contributed by atoms with Gasteiger partial charge >= 0.3 is 0 Å². The predicted octanol–water partition coefficient (Wildman–Crippen LogP) is 13.6. The van der Waals surface area contributed by atoms with Gasteiger partial charge in [-0.1, -0.05) is 170 Å². The minimum Gasteiger partial charge on any atom is -0.0622 e. The number of hydrogen-bond acceptors (Lipinski definition) is 0. The van der Waals surface area contributed by atoms with Crippen LogP contribution < -0.4 is 0 Å². The molecule has 0 saturated heterocycles. The van der Waals surface area contributed by atoms with E-state index in [0.29, 0.717) is 0 Å². The first kappa shape index (κ1) is 26.9. The van der Waals surface area contributed by atoms with Crippen LogP contribution in [0.15, 0.2) is 182 Å². The molecule has 0 heteroatoms. The highest BCUT2D eigenvalue weighted by Gasteiger charge is 2.19. The van der Waals surface area contributed by atoms with E-state index in [1.807, 2.05) is 0 Å². The fourth-order valence-electron chi connectivity index (χ4n) is 7.99. The molecule has 0 atom stereocenters. The lowest BCUT2D eigenvalue weighted by atomic mass is 9.83. The summed E-state index contributed by atoms with van der Waals surface area (Å²) < 4.78 is 0. The van der Waals surface area contributed by atoms with Crippen molar-refractivity contribution in [3.8, 4) is 44.5 Å². The Kier molecular flexibility index (Phi) is 5.98. The molecule has 0 spiro atoms. The zero-order valence-corrected chi connectivity index (χ0v) is 26.3. The van der Waals surface area contributed by atoms with Crippen molar-refractivity contribution in [2.75, 3.05) is 0 Å². The van der Waals surface area contributed by atoms with Crippen molar-refractivity contribution in [2.24, 2.45) is 0 Å². The zero-order chi connectivity index (χ0) is 31.6. The van der Waals surface area contributed by atoms with E-state index in [0.717, 1.165) is 0 Å². The molecule has 0 aromatic heterocycles. The molecule has 0 N–H and O–H groups in total. The van der Waals surface area contributed by atoms with Gasteiger partial charge < -0.3 is 0 Å². The van der Waals surface area contributed by atoms with Crippen molar-refractivity contribution in [1.82, 2.24) is 0 Å². The summed E-state index contributed by atoms with van der Waals surface area (Å²) in [6.45, 7) is 0. The minimum atomic E-state index is 1.23. The van der Waals surface area contributed by atoms with Gasteiger partial charge in [0.15, 0.2) is 0 Å². The second-order valence-corrected chi connectivity index (χ2v) is 12.8. The van der Waals surface area contributed by atoms with Crippen molar-refractivity contribution in [3.05, 3.63) is 182 Å². The highest BCUT2D eigenvalue weighted by atomic mass is 14.2. The summed E-state index contributed by atoms with van der Waals surface area (Å²) >= 11 is 0. The van der Waals surface area contributed by atoms with E-state index in [1.54, 1.807) is 0 Å². The molecule has 10 aromatic rings. The number of hydrogen-bond donors (Lipinski definition) is 0. The van der Waals surface area contributed by atoms with Crippen LogP contribution in [-0.2, 0) is 0 Å². The van der Waals surface area contributed by atoms with E-state index in [4.69, 9.17) is 0 Å². The zero-order valence-electron chi connectivity index (χ0n) is 26.3. The Labute approximate surface area is 279 Å². The molecule has 0 nitrogen and oxygen atoms in total. The van der Waals surface area contributed by atoms with Gasteiger partial charge in [-0.2, -0.15) is 0 Å². The molecule has 0 aliphatic rings. The van der Waals surface area contributed by atoms with Crippen LogP contribution in [0.25, 0.3) is 98.4 Å². The highest BCUT2D eigenvalue weighted by Crippen LogP contribution is 2.47. The molecule has 0 bridgehead atoms. The third-order valence-corrected chi connectivity index (χ3v) is 10.2. The van der Waals surface area contributed by atoms with Crippen LogP contribution in [0.1, 0.15) is 0 Å². The molecule has 222 valence electrons. The standard InChI is InChI=1S/C48H30/c1-3-11-31(12-4-1)39-24-19-33-15-9-10-18-38(33)48(39)43-28-23-35-21-26-41-40(25-20-34-22-27-42(43)47(35)46(34)41)45-30-37-17-8-7-16-36(37)29-44(45)32-13-5-2-6-14-32/h1-30H. The fraction of sp³-hybridized carbons (Fsp3) is 0. The summed E-state index contributed by atoms with van der Waals surface area (Å²) in [4.78, 5) is 0. The van der Waals surface area contributed by atoms with Crippen molar-refractivity contribution in [3.63, 3.8) is 0 Å². The Bertz CT molecular complexity index is 2810. The Balaban J connectivity index is 1.30. The molecule has 0 fully saturated rings. The van der Waals surface area contributed by atoms with E-state index in [2.05, 4.69) is 182 Å². The second kappa shape index (κ2) is 10.7. The van der Waals surface area contributed by atoms with Crippen molar-refractivity contribution in [1.29, 1.82) is 0 Å². The molecule has 48 heavy (non-hydrogen) atoms. The maximum Gasteiger partial charge on any atom is -0.00203 e. The Morgan fingerprint density at radius 1 is 0.229 bits per heavy atom. The first-order chi connectivity index (χ1) is 23.8. The van der Waals surface area contributed by atoms with Crippen LogP contribution in [-0.4, -0.2) is 0 Å². The van der Waals surface area contributed by atoms with Gasteiger partial charge in [0.1, 0.15) is 0 Å². The largest absolute Gasteiger partial charge is 0.0622 e. The molecule has 0 radical (unpaired) electrons. The second-order valence-electron chi connectivity index (χ2n) is 12.8. The van der Waals surface area contributed by atoms with Gasteiger partial charge in [0.25, 0.3) is 0 Å². The first-order valence-corrected chi connectivity index (χ1v) is 16.7. The van der Waals surface area contributed by atoms with Gasteiger partial charge in [-0.25, -0.2) is 0 Å². The average Bonchev–Trinajstić information content (AvgIpc) is 3.16. The summed E-state index contributed by atoms with van der Waals surface area (Å²) in [5.74, 6) is 0. The van der Waals surface area contributed by atoms with Crippen molar-refractivity contribution < 1.29 is 0 Å². The van der Waals surface area contributed by atoms with Crippen LogP contribution >= 0.6 is 0 Å². The first-order valence-electron chi connectivity index (χ1n) is 16.7. The highest BCUT2D eigenvalue weighted by molar-refractivity contribution is 6.29. The summed E-state index contributed by atoms with van der Waals surface area (Å²) in [7, 11) is 0. The van der Waals surface area contributed by atoms with Crippen LogP contribution in [0.5, 0.6) is 0 Å². The van der Waals surface area contributed by atoms with Gasteiger partial charge in [0.05, 0.1) is 0 Å². The third kappa shape index (κ3) is 4.10. The normalized spacial score (nSPS) is 11.8. The molecule has 0 unspecified atom stereocenters. The van der Waals surface area contributed by atoms with E-state index in [1.165, 1.54) is 98.4 Å². The monoisotopic (exact) mass is 606 g/mol. The van der Waals surface area contributed by atoms with Crippen LogP contribution in [0.4, 0.5) is 0 Å². The van der Waals surface area contributed by atoms with Crippen LogP contribution in [0, 0.1) is 0 Å². The van der Waals surface area contributed by atoms with Gasteiger partial charge in [-0.05, 0) is 111 Å². The molecular formula is C48H30. The number of rotatable bonds is 4. The maximum absolute atomic E-state index is 2.39. The lowest BCUT2D eigenvalue weighted by Gasteiger charge is -2.20. The Morgan fingerprint density at radius 2 is 0.688 bits per heavy atom. The number of fused-ring (bicyclic) bond motifs is 2. The maximum atomic E-state index is 2.39. The summed E-state index contributed by atoms with van der Waals surface area (Å²) in [6.07, 6.45) is 0. The summed E-state index contributed by atoms with van der Waals surface area (Å²) in [5, 5.41) is 12.8. The van der Waals surface area contributed by atoms with Gasteiger partial charge in [0.2, 0.25) is 0 Å². The minimum absolute atomic E-state index is 1.23. The van der Waals surface area contributed by atoms with Gasteiger partial charge in [-0.3, -0.25) is 0 Å².